The van der Waals surface area contributed by atoms with Crippen LogP contribution in [0, 0.1) is 6.92 Å². The molecule has 1 unspecified atom stereocenters. The minimum Gasteiger partial charge on any atom is -0.372 e. The fraction of sp³-hybridized carbons (Fsp3) is 0.667. The highest BCUT2D eigenvalue weighted by Crippen LogP contribution is 2.24. The molecule has 0 aliphatic heterocycles. The van der Waals surface area contributed by atoms with Gasteiger partial charge in [0.1, 0.15) is 0 Å². The van der Waals surface area contributed by atoms with E-state index in [1.165, 1.54) is 18.4 Å². The summed E-state index contributed by atoms with van der Waals surface area (Å²) in [5, 5.41) is 4.38. The van der Waals surface area contributed by atoms with Gasteiger partial charge < -0.3 is 4.74 Å². The van der Waals surface area contributed by atoms with Gasteiger partial charge in [-0.1, -0.05) is 9.24 Å². The highest BCUT2D eigenvalue weighted by molar-refractivity contribution is 7.27. The zero-order valence-corrected chi connectivity index (χ0v) is 9.23. The number of hydrogen-bond acceptors (Lipinski definition) is 2. The molecule has 1 aliphatic rings. The Morgan fingerprint density at radius 2 is 2.31 bits per heavy atom. The third-order valence-corrected chi connectivity index (χ3v) is 3.22. The number of ether oxygens (including phenoxy) is 1. The Morgan fingerprint density at radius 1 is 1.62 bits per heavy atom. The van der Waals surface area contributed by atoms with Crippen LogP contribution in [-0.4, -0.2) is 15.9 Å². The van der Waals surface area contributed by atoms with Crippen LogP contribution in [0.5, 0.6) is 0 Å². The topological polar surface area (TPSA) is 27.1 Å². The maximum atomic E-state index is 5.60. The molecule has 1 aromatic rings. The summed E-state index contributed by atoms with van der Waals surface area (Å²) in [5.41, 5.74) is 3.45. The molecule has 0 radical (unpaired) electrons. The van der Waals surface area contributed by atoms with Crippen LogP contribution in [0.1, 0.15) is 24.1 Å². The van der Waals surface area contributed by atoms with Crippen molar-refractivity contribution in [1.82, 2.24) is 9.78 Å². The van der Waals surface area contributed by atoms with Gasteiger partial charge in [0.2, 0.25) is 0 Å². The fourth-order valence-electron chi connectivity index (χ4n) is 1.27. The first-order chi connectivity index (χ1) is 6.18. The van der Waals surface area contributed by atoms with Crippen LogP contribution in [-0.2, 0) is 18.4 Å². The molecule has 1 atom stereocenters. The minimum absolute atomic E-state index is 0.509. The van der Waals surface area contributed by atoms with Gasteiger partial charge in [0.15, 0.2) is 0 Å². The summed E-state index contributed by atoms with van der Waals surface area (Å²) in [6.07, 6.45) is 2.95. The Bertz CT molecular complexity index is 318. The predicted octanol–water partition coefficient (Wildman–Crippen LogP) is 0.908. The predicted molar refractivity (Wildman–Crippen MR) is 55.1 cm³/mol. The molecule has 1 aromatic heterocycles. The first kappa shape index (κ1) is 9.17. The second-order valence-corrected chi connectivity index (χ2v) is 4.14. The molecule has 2 rings (SSSR count). The van der Waals surface area contributed by atoms with E-state index in [1.807, 2.05) is 11.7 Å². The molecule has 0 spiro atoms. The third-order valence-electron chi connectivity index (χ3n) is 2.42. The molecule has 0 N–H and O–H groups in total. The summed E-state index contributed by atoms with van der Waals surface area (Å²) in [4.78, 5) is 0. The molecule has 0 amide bonds. The lowest BCUT2D eigenvalue weighted by Gasteiger charge is -1.98. The summed E-state index contributed by atoms with van der Waals surface area (Å²) in [5.74, 6) is 0. The molecular weight excluding hydrogens is 183 g/mol. The van der Waals surface area contributed by atoms with Crippen LogP contribution in [0.2, 0.25) is 0 Å². The zero-order chi connectivity index (χ0) is 9.42. The van der Waals surface area contributed by atoms with Gasteiger partial charge in [0, 0.05) is 7.05 Å². The quantitative estimate of drug-likeness (QED) is 0.675. The van der Waals surface area contributed by atoms with Gasteiger partial charge in [-0.25, -0.2) is 0 Å². The van der Waals surface area contributed by atoms with E-state index in [1.54, 1.807) is 0 Å². The van der Waals surface area contributed by atoms with E-state index in [0.29, 0.717) is 12.7 Å². The maximum absolute atomic E-state index is 5.60. The number of hydrogen-bond donors (Lipinski definition) is 0. The lowest BCUT2D eigenvalue weighted by Crippen LogP contribution is -2.06. The van der Waals surface area contributed by atoms with Crippen molar-refractivity contribution in [3.8, 4) is 0 Å². The average molecular weight is 198 g/mol. The van der Waals surface area contributed by atoms with Crippen molar-refractivity contribution in [3.63, 3.8) is 0 Å². The van der Waals surface area contributed by atoms with Gasteiger partial charge in [0.25, 0.3) is 0 Å². The highest BCUT2D eigenvalue weighted by Gasteiger charge is 2.22. The molecule has 0 bridgehead atoms. The van der Waals surface area contributed by atoms with Gasteiger partial charge in [-0.2, -0.15) is 5.10 Å². The van der Waals surface area contributed by atoms with Crippen LogP contribution in [0.15, 0.2) is 0 Å². The van der Waals surface area contributed by atoms with E-state index in [0.717, 1.165) is 11.1 Å². The van der Waals surface area contributed by atoms with Crippen molar-refractivity contribution < 1.29 is 4.74 Å². The van der Waals surface area contributed by atoms with Crippen LogP contribution < -0.4 is 5.44 Å². The van der Waals surface area contributed by atoms with Crippen LogP contribution >= 0.6 is 9.24 Å². The highest BCUT2D eigenvalue weighted by atomic mass is 31.0. The molecule has 0 aromatic carbocycles. The van der Waals surface area contributed by atoms with Crippen molar-refractivity contribution in [2.75, 3.05) is 0 Å². The second-order valence-electron chi connectivity index (χ2n) is 3.59. The first-order valence-corrected chi connectivity index (χ1v) is 5.15. The van der Waals surface area contributed by atoms with Gasteiger partial charge in [-0.3, -0.25) is 4.68 Å². The normalized spacial score (nSPS) is 16.5. The van der Waals surface area contributed by atoms with E-state index in [4.69, 9.17) is 4.74 Å². The summed E-state index contributed by atoms with van der Waals surface area (Å²) in [7, 11) is 4.65. The second kappa shape index (κ2) is 3.39. The Kier molecular flexibility index (Phi) is 2.39. The number of aryl methyl sites for hydroxylation is 1. The lowest BCUT2D eigenvalue weighted by atomic mass is 10.3. The first-order valence-electron chi connectivity index (χ1n) is 4.58. The summed E-state index contributed by atoms with van der Waals surface area (Å²) < 4.78 is 7.48. The molecule has 3 nitrogen and oxygen atoms in total. The van der Waals surface area contributed by atoms with Crippen molar-refractivity contribution in [2.24, 2.45) is 7.05 Å². The summed E-state index contributed by atoms with van der Waals surface area (Å²) in [6.45, 7) is 2.75. The Hall–Kier alpha value is -0.400. The molecule has 1 heterocycles. The van der Waals surface area contributed by atoms with E-state index in [9.17, 15) is 0 Å². The molecule has 0 saturated heterocycles. The van der Waals surface area contributed by atoms with E-state index in [-0.39, 0.29) is 0 Å². The number of nitrogens with zero attached hydrogens (tertiary/aromatic N) is 2. The standard InChI is InChI=1S/C9H15N2OP/c1-6-8(5-12-7-3-4-7)10-11(2)9(6)13/h7H,3-5,13H2,1-2H3. The molecular formula is C9H15N2OP. The molecule has 13 heavy (non-hydrogen) atoms. The molecule has 4 heteroatoms. The van der Waals surface area contributed by atoms with Crippen LogP contribution in [0.4, 0.5) is 0 Å². The third kappa shape index (κ3) is 1.92. The van der Waals surface area contributed by atoms with E-state index in [2.05, 4.69) is 21.3 Å². The van der Waals surface area contributed by atoms with Crippen LogP contribution in [0.25, 0.3) is 0 Å². The molecule has 1 aliphatic carbocycles. The Morgan fingerprint density at radius 3 is 2.77 bits per heavy atom. The summed E-state index contributed by atoms with van der Waals surface area (Å²) in [6, 6.07) is 0. The van der Waals surface area contributed by atoms with Gasteiger partial charge in [-0.05, 0) is 25.3 Å². The molecule has 1 fully saturated rings. The zero-order valence-electron chi connectivity index (χ0n) is 8.08. The van der Waals surface area contributed by atoms with Crippen molar-refractivity contribution in [2.45, 2.75) is 32.5 Å². The minimum atomic E-state index is 0.509. The summed E-state index contributed by atoms with van der Waals surface area (Å²) >= 11 is 0. The molecule has 72 valence electrons. The van der Waals surface area contributed by atoms with Crippen LogP contribution in [0.3, 0.4) is 0 Å². The van der Waals surface area contributed by atoms with Crippen molar-refractivity contribution >= 4 is 14.7 Å². The van der Waals surface area contributed by atoms with Gasteiger partial charge in [-0.15, -0.1) is 0 Å². The SMILES string of the molecule is Cc1c(COC2CC2)nn(C)c1P. The van der Waals surface area contributed by atoms with E-state index >= 15 is 0 Å². The number of aromatic nitrogens is 2. The van der Waals surface area contributed by atoms with Gasteiger partial charge in [0.05, 0.1) is 23.8 Å². The maximum Gasteiger partial charge on any atom is 0.0917 e. The van der Waals surface area contributed by atoms with Gasteiger partial charge >= 0.3 is 0 Å². The lowest BCUT2D eigenvalue weighted by molar-refractivity contribution is 0.103. The number of rotatable bonds is 3. The van der Waals surface area contributed by atoms with E-state index < -0.39 is 0 Å². The fourth-order valence-corrected chi connectivity index (χ4v) is 1.49. The molecule has 1 saturated carbocycles. The monoisotopic (exact) mass is 198 g/mol. The smallest absolute Gasteiger partial charge is 0.0917 e. The van der Waals surface area contributed by atoms with Crippen molar-refractivity contribution in [1.29, 1.82) is 0 Å². The van der Waals surface area contributed by atoms with Crippen molar-refractivity contribution in [3.05, 3.63) is 11.3 Å². The Labute approximate surface area is 80.7 Å². The Balaban J connectivity index is 2.05. The average Bonchev–Trinajstić information content (AvgIpc) is 2.89. The largest absolute Gasteiger partial charge is 0.372 e.